The first-order valence-electron chi connectivity index (χ1n) is 8.33. The minimum absolute atomic E-state index is 0.108. The van der Waals surface area contributed by atoms with Crippen molar-refractivity contribution in [2.45, 2.75) is 20.0 Å². The lowest BCUT2D eigenvalue weighted by Gasteiger charge is -2.21. The van der Waals surface area contributed by atoms with Crippen molar-refractivity contribution in [3.63, 3.8) is 0 Å². The summed E-state index contributed by atoms with van der Waals surface area (Å²) in [5.41, 5.74) is 0.808. The number of nitrogens with zero attached hydrogens (tertiary/aromatic N) is 1. The van der Waals surface area contributed by atoms with Crippen LogP contribution in [0.5, 0.6) is 5.75 Å². The van der Waals surface area contributed by atoms with Crippen molar-refractivity contribution in [3.05, 3.63) is 78.1 Å². The average molecular weight is 389 g/mol. The van der Waals surface area contributed by atoms with E-state index in [1.165, 1.54) is 13.2 Å². The van der Waals surface area contributed by atoms with Crippen LogP contribution in [0, 0.1) is 0 Å². The molecular weight excluding hydrogens is 370 g/mol. The van der Waals surface area contributed by atoms with Gasteiger partial charge in [-0.3, -0.25) is 4.79 Å². The SMILES string of the molecule is CCS(=O)(=O)Oc1ccc(CN(Cc2ccco2)C(=O)c2ccco2)cc1. The number of amides is 1. The Bertz CT molecular complexity index is 960. The molecule has 0 aliphatic heterocycles. The van der Waals surface area contributed by atoms with Gasteiger partial charge in [0, 0.05) is 6.54 Å². The van der Waals surface area contributed by atoms with Gasteiger partial charge >= 0.3 is 10.1 Å². The molecule has 3 rings (SSSR count). The number of hydrogen-bond acceptors (Lipinski definition) is 6. The molecule has 0 N–H and O–H groups in total. The quantitative estimate of drug-likeness (QED) is 0.548. The summed E-state index contributed by atoms with van der Waals surface area (Å²) in [5, 5.41) is 0. The first-order chi connectivity index (χ1) is 13.0. The summed E-state index contributed by atoms with van der Waals surface area (Å²) >= 11 is 0. The van der Waals surface area contributed by atoms with Gasteiger partial charge in [-0.05, 0) is 48.9 Å². The van der Waals surface area contributed by atoms with Crippen LogP contribution in [0.4, 0.5) is 0 Å². The maximum Gasteiger partial charge on any atom is 0.308 e. The zero-order valence-electron chi connectivity index (χ0n) is 14.7. The molecule has 7 nitrogen and oxygen atoms in total. The maximum absolute atomic E-state index is 12.7. The van der Waals surface area contributed by atoms with Crippen molar-refractivity contribution < 1.29 is 26.2 Å². The van der Waals surface area contributed by atoms with E-state index in [1.807, 2.05) is 0 Å². The van der Waals surface area contributed by atoms with Crippen LogP contribution >= 0.6 is 0 Å². The smallest absolute Gasteiger partial charge is 0.308 e. The number of benzene rings is 1. The third-order valence-electron chi connectivity index (χ3n) is 3.82. The van der Waals surface area contributed by atoms with Crippen molar-refractivity contribution >= 4 is 16.0 Å². The van der Waals surface area contributed by atoms with Crippen LogP contribution in [0.3, 0.4) is 0 Å². The van der Waals surface area contributed by atoms with Crippen LogP contribution in [0.15, 0.2) is 69.9 Å². The van der Waals surface area contributed by atoms with Gasteiger partial charge in [-0.25, -0.2) is 0 Å². The van der Waals surface area contributed by atoms with Crippen LogP contribution in [0.25, 0.3) is 0 Å². The molecule has 1 amide bonds. The molecule has 0 spiro atoms. The summed E-state index contributed by atoms with van der Waals surface area (Å²) in [4.78, 5) is 14.3. The zero-order valence-corrected chi connectivity index (χ0v) is 15.5. The van der Waals surface area contributed by atoms with E-state index in [4.69, 9.17) is 13.0 Å². The Morgan fingerprint density at radius 3 is 2.30 bits per heavy atom. The third kappa shape index (κ3) is 5.01. The van der Waals surface area contributed by atoms with E-state index in [0.29, 0.717) is 12.3 Å². The molecule has 2 heterocycles. The highest BCUT2D eigenvalue weighted by Crippen LogP contribution is 2.19. The van der Waals surface area contributed by atoms with Gasteiger partial charge in [0.25, 0.3) is 5.91 Å². The van der Waals surface area contributed by atoms with Crippen LogP contribution < -0.4 is 4.18 Å². The summed E-state index contributed by atoms with van der Waals surface area (Å²) < 4.78 is 38.6. The molecule has 2 aromatic heterocycles. The monoisotopic (exact) mass is 389 g/mol. The van der Waals surface area contributed by atoms with Gasteiger partial charge in [-0.1, -0.05) is 12.1 Å². The van der Waals surface area contributed by atoms with Gasteiger partial charge in [0.15, 0.2) is 5.76 Å². The second-order valence-corrected chi connectivity index (χ2v) is 7.65. The highest BCUT2D eigenvalue weighted by atomic mass is 32.2. The van der Waals surface area contributed by atoms with Crippen LogP contribution in [-0.4, -0.2) is 25.0 Å². The molecule has 27 heavy (non-hydrogen) atoms. The fourth-order valence-electron chi connectivity index (χ4n) is 2.42. The molecule has 3 aromatic rings. The van der Waals surface area contributed by atoms with E-state index in [-0.39, 0.29) is 29.7 Å². The van der Waals surface area contributed by atoms with Gasteiger partial charge < -0.3 is 17.9 Å². The number of carbonyl (C=O) groups is 1. The highest BCUT2D eigenvalue weighted by Gasteiger charge is 2.20. The molecule has 0 saturated heterocycles. The van der Waals surface area contributed by atoms with Crippen molar-refractivity contribution in [3.8, 4) is 5.75 Å². The lowest BCUT2D eigenvalue weighted by Crippen LogP contribution is -2.29. The molecule has 0 bridgehead atoms. The zero-order chi connectivity index (χ0) is 19.3. The first-order valence-corrected chi connectivity index (χ1v) is 9.91. The van der Waals surface area contributed by atoms with Gasteiger partial charge in [0.2, 0.25) is 0 Å². The standard InChI is InChI=1S/C19H19NO6S/c1-2-27(22,23)26-16-9-7-15(8-10-16)13-20(14-17-5-3-11-24-17)19(21)18-6-4-12-25-18/h3-12H,2,13-14H2,1H3. The Labute approximate surface area is 157 Å². The molecule has 0 unspecified atom stereocenters. The van der Waals surface area contributed by atoms with E-state index in [0.717, 1.165) is 5.56 Å². The number of rotatable bonds is 8. The van der Waals surface area contributed by atoms with E-state index < -0.39 is 10.1 Å². The van der Waals surface area contributed by atoms with Crippen molar-refractivity contribution in [2.24, 2.45) is 0 Å². The molecule has 142 valence electrons. The van der Waals surface area contributed by atoms with Gasteiger partial charge in [-0.2, -0.15) is 8.42 Å². The number of furan rings is 2. The minimum Gasteiger partial charge on any atom is -0.467 e. The maximum atomic E-state index is 12.7. The molecule has 0 saturated carbocycles. The summed E-state index contributed by atoms with van der Waals surface area (Å²) in [7, 11) is -3.58. The summed E-state index contributed by atoms with van der Waals surface area (Å²) in [6, 6.07) is 13.3. The Morgan fingerprint density at radius 1 is 1.00 bits per heavy atom. The molecule has 8 heteroatoms. The van der Waals surface area contributed by atoms with E-state index in [2.05, 4.69) is 0 Å². The Kier molecular flexibility index (Phi) is 5.66. The molecular formula is C19H19NO6S. The second-order valence-electron chi connectivity index (χ2n) is 5.79. The lowest BCUT2D eigenvalue weighted by molar-refractivity contribution is 0.0685. The molecule has 1 aromatic carbocycles. The summed E-state index contributed by atoms with van der Waals surface area (Å²) in [5.74, 6) is 0.726. The van der Waals surface area contributed by atoms with Gasteiger partial charge in [0.05, 0.1) is 24.8 Å². The molecule has 0 aliphatic carbocycles. The van der Waals surface area contributed by atoms with E-state index in [1.54, 1.807) is 59.7 Å². The lowest BCUT2D eigenvalue weighted by atomic mass is 10.2. The van der Waals surface area contributed by atoms with Crippen LogP contribution in [0.2, 0.25) is 0 Å². The Hall–Kier alpha value is -3.00. The molecule has 0 fully saturated rings. The molecule has 0 aliphatic rings. The normalized spacial score (nSPS) is 11.3. The molecule has 0 radical (unpaired) electrons. The van der Waals surface area contributed by atoms with Crippen LogP contribution in [-0.2, 0) is 23.2 Å². The van der Waals surface area contributed by atoms with E-state index >= 15 is 0 Å². The average Bonchev–Trinajstić information content (AvgIpc) is 3.36. The Morgan fingerprint density at radius 2 is 1.70 bits per heavy atom. The van der Waals surface area contributed by atoms with Gasteiger partial charge in [0.1, 0.15) is 11.5 Å². The fourth-order valence-corrected chi connectivity index (χ4v) is 2.94. The van der Waals surface area contributed by atoms with Crippen molar-refractivity contribution in [1.29, 1.82) is 0 Å². The van der Waals surface area contributed by atoms with E-state index in [9.17, 15) is 13.2 Å². The highest BCUT2D eigenvalue weighted by molar-refractivity contribution is 7.87. The number of hydrogen-bond donors (Lipinski definition) is 0. The minimum atomic E-state index is -3.58. The van der Waals surface area contributed by atoms with Gasteiger partial charge in [-0.15, -0.1) is 0 Å². The third-order valence-corrected chi connectivity index (χ3v) is 4.97. The predicted octanol–water partition coefficient (Wildman–Crippen LogP) is 3.44. The topological polar surface area (TPSA) is 90.0 Å². The summed E-state index contributed by atoms with van der Waals surface area (Å²) in [6.45, 7) is 2.08. The summed E-state index contributed by atoms with van der Waals surface area (Å²) in [6.07, 6.45) is 2.99. The fraction of sp³-hybridized carbons (Fsp3) is 0.211. The molecule has 0 atom stereocenters. The number of carbonyl (C=O) groups excluding carboxylic acids is 1. The Balaban J connectivity index is 1.76. The predicted molar refractivity (Wildman–Crippen MR) is 97.5 cm³/mol. The van der Waals surface area contributed by atoms with Crippen molar-refractivity contribution in [2.75, 3.05) is 5.75 Å². The largest absolute Gasteiger partial charge is 0.467 e. The van der Waals surface area contributed by atoms with Crippen molar-refractivity contribution in [1.82, 2.24) is 4.90 Å². The first kappa shape index (κ1) is 18.8. The van der Waals surface area contributed by atoms with Crippen LogP contribution in [0.1, 0.15) is 28.8 Å². The second kappa shape index (κ2) is 8.13.